The number of aromatic nitrogens is 3. The van der Waals surface area contributed by atoms with Crippen molar-refractivity contribution in [2.24, 2.45) is 0 Å². The summed E-state index contributed by atoms with van der Waals surface area (Å²) >= 11 is 5.86. The van der Waals surface area contributed by atoms with Crippen molar-refractivity contribution >= 4 is 17.4 Å². The third-order valence-corrected chi connectivity index (χ3v) is 3.00. The van der Waals surface area contributed by atoms with Gasteiger partial charge in [-0.1, -0.05) is 11.6 Å². The van der Waals surface area contributed by atoms with Gasteiger partial charge in [0.05, 0.1) is 11.4 Å². The molecule has 6 heteroatoms. The van der Waals surface area contributed by atoms with Crippen LogP contribution in [0.3, 0.4) is 0 Å². The van der Waals surface area contributed by atoms with E-state index in [1.54, 1.807) is 4.68 Å². The summed E-state index contributed by atoms with van der Waals surface area (Å²) in [7, 11) is 0. The fraction of sp³-hybridized carbons (Fsp3) is 0.308. The minimum atomic E-state index is -0.466. The number of hydrogen-bond donors (Lipinski definition) is 0. The minimum absolute atomic E-state index is 0.0868. The zero-order valence-electron chi connectivity index (χ0n) is 10.6. The van der Waals surface area contributed by atoms with Gasteiger partial charge >= 0.3 is 0 Å². The number of Topliss-reactive ketones (excluding diaryl/α,β-unsaturated/α-hetero) is 1. The van der Waals surface area contributed by atoms with Gasteiger partial charge in [-0.25, -0.2) is 14.1 Å². The lowest BCUT2D eigenvalue weighted by molar-refractivity contribution is 0.0989. The quantitative estimate of drug-likeness (QED) is 0.809. The van der Waals surface area contributed by atoms with Crippen LogP contribution in [-0.2, 0) is 6.42 Å². The predicted molar refractivity (Wildman–Crippen MR) is 69.9 cm³/mol. The van der Waals surface area contributed by atoms with Gasteiger partial charge in [-0.15, -0.1) is 0 Å². The van der Waals surface area contributed by atoms with Crippen molar-refractivity contribution in [3.05, 3.63) is 46.8 Å². The van der Waals surface area contributed by atoms with Gasteiger partial charge in [-0.2, -0.15) is 5.10 Å². The summed E-state index contributed by atoms with van der Waals surface area (Å²) in [6.45, 7) is 3.90. The second kappa shape index (κ2) is 5.48. The van der Waals surface area contributed by atoms with Crippen LogP contribution in [0.2, 0.25) is 5.02 Å². The summed E-state index contributed by atoms with van der Waals surface area (Å²) in [6.07, 6.45) is 1.50. The molecule has 19 heavy (non-hydrogen) atoms. The number of rotatable bonds is 4. The average molecular weight is 282 g/mol. The van der Waals surface area contributed by atoms with Crippen LogP contribution in [0.5, 0.6) is 0 Å². The molecule has 0 saturated carbocycles. The molecule has 0 radical (unpaired) electrons. The van der Waals surface area contributed by atoms with E-state index in [0.29, 0.717) is 11.4 Å². The Morgan fingerprint density at radius 1 is 1.47 bits per heavy atom. The average Bonchev–Trinajstić information content (AvgIpc) is 2.76. The molecular weight excluding hydrogens is 269 g/mol. The summed E-state index contributed by atoms with van der Waals surface area (Å²) < 4.78 is 14.6. The molecule has 0 saturated heterocycles. The number of ketones is 1. The SMILES string of the molecule is CC(C)n1ncnc1CC(=O)c1ccc(F)cc1Cl. The number of carbonyl (C=O) groups excluding carboxylic acids is 1. The van der Waals surface area contributed by atoms with Crippen LogP contribution in [0.15, 0.2) is 24.5 Å². The molecule has 100 valence electrons. The molecule has 0 aliphatic rings. The van der Waals surface area contributed by atoms with Crippen molar-refractivity contribution in [1.82, 2.24) is 14.8 Å². The predicted octanol–water partition coefficient (Wildman–Crippen LogP) is 3.08. The maximum atomic E-state index is 12.9. The van der Waals surface area contributed by atoms with Crippen molar-refractivity contribution in [1.29, 1.82) is 0 Å². The van der Waals surface area contributed by atoms with Gasteiger partial charge < -0.3 is 0 Å². The molecule has 0 spiro atoms. The molecule has 1 aromatic carbocycles. The molecule has 2 rings (SSSR count). The molecule has 0 unspecified atom stereocenters. The highest BCUT2D eigenvalue weighted by atomic mass is 35.5. The largest absolute Gasteiger partial charge is 0.294 e. The highest BCUT2D eigenvalue weighted by Gasteiger charge is 2.16. The Hall–Kier alpha value is -1.75. The second-order valence-electron chi connectivity index (χ2n) is 4.44. The Balaban J connectivity index is 2.23. The Kier molecular flexibility index (Phi) is 3.95. The van der Waals surface area contributed by atoms with Crippen molar-refractivity contribution < 1.29 is 9.18 Å². The number of nitrogens with zero attached hydrogens (tertiary/aromatic N) is 3. The monoisotopic (exact) mass is 281 g/mol. The first-order chi connectivity index (χ1) is 8.99. The van der Waals surface area contributed by atoms with E-state index < -0.39 is 5.82 Å². The van der Waals surface area contributed by atoms with Gasteiger partial charge in [-0.05, 0) is 32.0 Å². The second-order valence-corrected chi connectivity index (χ2v) is 4.85. The molecule has 1 aromatic heterocycles. The highest BCUT2D eigenvalue weighted by Crippen LogP contribution is 2.19. The first-order valence-corrected chi connectivity index (χ1v) is 6.23. The first kappa shape index (κ1) is 13.7. The molecule has 0 aliphatic carbocycles. The van der Waals surface area contributed by atoms with Gasteiger partial charge in [-0.3, -0.25) is 4.79 Å². The third-order valence-electron chi connectivity index (χ3n) is 2.69. The van der Waals surface area contributed by atoms with Crippen LogP contribution in [0.25, 0.3) is 0 Å². The van der Waals surface area contributed by atoms with E-state index in [2.05, 4.69) is 10.1 Å². The fourth-order valence-electron chi connectivity index (χ4n) is 1.79. The fourth-order valence-corrected chi connectivity index (χ4v) is 2.06. The van der Waals surface area contributed by atoms with E-state index >= 15 is 0 Å². The minimum Gasteiger partial charge on any atom is -0.294 e. The molecule has 0 amide bonds. The molecule has 0 atom stereocenters. The van der Waals surface area contributed by atoms with Crippen molar-refractivity contribution in [2.75, 3.05) is 0 Å². The van der Waals surface area contributed by atoms with Gasteiger partial charge in [0.25, 0.3) is 0 Å². The maximum Gasteiger partial charge on any atom is 0.171 e. The van der Waals surface area contributed by atoms with Crippen LogP contribution < -0.4 is 0 Å². The normalized spacial score (nSPS) is 11.0. The molecular formula is C13H13ClFN3O. The van der Waals surface area contributed by atoms with Crippen LogP contribution in [-0.4, -0.2) is 20.5 Å². The smallest absolute Gasteiger partial charge is 0.171 e. The van der Waals surface area contributed by atoms with Gasteiger partial charge in [0.2, 0.25) is 0 Å². The molecule has 0 fully saturated rings. The standard InChI is InChI=1S/C13H13ClFN3O/c1-8(2)18-13(16-7-17-18)6-12(19)10-4-3-9(15)5-11(10)14/h3-5,7-8H,6H2,1-2H3. The molecule has 0 N–H and O–H groups in total. The van der Waals surface area contributed by atoms with E-state index in [1.165, 1.54) is 18.5 Å². The Labute approximate surface area is 115 Å². The summed E-state index contributed by atoms with van der Waals surface area (Å²) in [5, 5.41) is 4.17. The van der Waals surface area contributed by atoms with Crippen molar-refractivity contribution in [2.45, 2.75) is 26.3 Å². The van der Waals surface area contributed by atoms with Crippen LogP contribution in [0.1, 0.15) is 36.1 Å². The zero-order valence-corrected chi connectivity index (χ0v) is 11.4. The molecule has 0 bridgehead atoms. The van der Waals surface area contributed by atoms with Crippen molar-refractivity contribution in [3.8, 4) is 0 Å². The Morgan fingerprint density at radius 2 is 2.21 bits per heavy atom. The summed E-state index contributed by atoms with van der Waals surface area (Å²) in [5.74, 6) is -0.104. The topological polar surface area (TPSA) is 47.8 Å². The molecule has 0 aliphatic heterocycles. The van der Waals surface area contributed by atoms with Crippen molar-refractivity contribution in [3.63, 3.8) is 0 Å². The lowest BCUT2D eigenvalue weighted by atomic mass is 10.1. The highest BCUT2D eigenvalue weighted by molar-refractivity contribution is 6.34. The lowest BCUT2D eigenvalue weighted by Gasteiger charge is -2.09. The zero-order chi connectivity index (χ0) is 14.0. The van der Waals surface area contributed by atoms with E-state index in [0.717, 1.165) is 6.07 Å². The van der Waals surface area contributed by atoms with E-state index in [-0.39, 0.29) is 23.3 Å². The lowest BCUT2D eigenvalue weighted by Crippen LogP contribution is -2.13. The van der Waals surface area contributed by atoms with Gasteiger partial charge in [0.15, 0.2) is 5.78 Å². The Morgan fingerprint density at radius 3 is 2.84 bits per heavy atom. The molecule has 4 nitrogen and oxygen atoms in total. The van der Waals surface area contributed by atoms with Crippen LogP contribution in [0.4, 0.5) is 4.39 Å². The third kappa shape index (κ3) is 2.98. The van der Waals surface area contributed by atoms with Gasteiger partial charge in [0.1, 0.15) is 18.0 Å². The number of hydrogen-bond acceptors (Lipinski definition) is 3. The number of halogens is 2. The van der Waals surface area contributed by atoms with Crippen LogP contribution in [0, 0.1) is 5.82 Å². The van der Waals surface area contributed by atoms with E-state index in [4.69, 9.17) is 11.6 Å². The van der Waals surface area contributed by atoms with E-state index in [1.807, 2.05) is 13.8 Å². The molecule has 1 heterocycles. The first-order valence-electron chi connectivity index (χ1n) is 5.85. The van der Waals surface area contributed by atoms with Crippen LogP contribution >= 0.6 is 11.6 Å². The Bertz CT molecular complexity index is 610. The van der Waals surface area contributed by atoms with Gasteiger partial charge in [0, 0.05) is 11.6 Å². The summed E-state index contributed by atoms with van der Waals surface area (Å²) in [5.41, 5.74) is 0.293. The summed E-state index contributed by atoms with van der Waals surface area (Å²) in [6, 6.07) is 3.85. The summed E-state index contributed by atoms with van der Waals surface area (Å²) in [4.78, 5) is 16.2. The molecule has 2 aromatic rings. The number of benzene rings is 1. The van der Waals surface area contributed by atoms with E-state index in [9.17, 15) is 9.18 Å². The maximum absolute atomic E-state index is 12.9. The number of carbonyl (C=O) groups is 1.